The Morgan fingerprint density at radius 1 is 1.27 bits per heavy atom. The SMILES string of the molecule is CCc1nc(Nc2ccc(-c3cnc(C)o3)c(OC)c2)nc2c1CC(=O)[C@@H]1C[C@@H](OC)CN21. The fraction of sp³-hybridized carbons (Fsp3) is 0.417. The van der Waals surface area contributed by atoms with Crippen LogP contribution in [-0.2, 0) is 22.4 Å². The predicted molar refractivity (Wildman–Crippen MR) is 123 cm³/mol. The lowest BCUT2D eigenvalue weighted by Crippen LogP contribution is -2.42. The summed E-state index contributed by atoms with van der Waals surface area (Å²) in [5.74, 6) is 3.42. The zero-order chi connectivity index (χ0) is 23.1. The largest absolute Gasteiger partial charge is 0.496 e. The molecule has 0 aliphatic carbocycles. The van der Waals surface area contributed by atoms with E-state index in [1.54, 1.807) is 27.3 Å². The second kappa shape index (κ2) is 8.47. The van der Waals surface area contributed by atoms with Crippen molar-refractivity contribution in [2.75, 3.05) is 31.0 Å². The van der Waals surface area contributed by atoms with Gasteiger partial charge in [-0.2, -0.15) is 4.98 Å². The van der Waals surface area contributed by atoms with Gasteiger partial charge >= 0.3 is 0 Å². The average molecular weight is 450 g/mol. The van der Waals surface area contributed by atoms with Crippen molar-refractivity contribution in [3.8, 4) is 17.1 Å². The van der Waals surface area contributed by atoms with E-state index in [2.05, 4.69) is 15.2 Å². The molecule has 4 heterocycles. The Kier molecular flexibility index (Phi) is 5.49. The van der Waals surface area contributed by atoms with Gasteiger partial charge in [-0.1, -0.05) is 6.92 Å². The van der Waals surface area contributed by atoms with Crippen LogP contribution in [0.25, 0.3) is 11.3 Å². The number of oxazole rings is 1. The van der Waals surface area contributed by atoms with Crippen LogP contribution >= 0.6 is 0 Å². The number of aryl methyl sites for hydroxylation is 2. The molecule has 2 atom stereocenters. The Hall–Kier alpha value is -3.46. The minimum Gasteiger partial charge on any atom is -0.496 e. The first-order chi connectivity index (χ1) is 16.0. The van der Waals surface area contributed by atoms with E-state index in [9.17, 15) is 4.79 Å². The number of ether oxygens (including phenoxy) is 2. The van der Waals surface area contributed by atoms with Crippen molar-refractivity contribution in [2.45, 2.75) is 45.3 Å². The van der Waals surface area contributed by atoms with Crippen LogP contribution in [0, 0.1) is 6.92 Å². The molecule has 0 radical (unpaired) electrons. The van der Waals surface area contributed by atoms with Gasteiger partial charge in [0.1, 0.15) is 11.6 Å². The van der Waals surface area contributed by atoms with E-state index in [1.807, 2.05) is 25.1 Å². The van der Waals surface area contributed by atoms with Crippen molar-refractivity contribution in [1.82, 2.24) is 15.0 Å². The molecule has 172 valence electrons. The van der Waals surface area contributed by atoms with E-state index >= 15 is 0 Å². The molecule has 1 aromatic carbocycles. The van der Waals surface area contributed by atoms with Crippen LogP contribution in [0.3, 0.4) is 0 Å². The number of ketones is 1. The number of fused-ring (bicyclic) bond motifs is 3. The number of hydrogen-bond acceptors (Lipinski definition) is 9. The molecule has 33 heavy (non-hydrogen) atoms. The van der Waals surface area contributed by atoms with E-state index in [-0.39, 0.29) is 17.9 Å². The van der Waals surface area contributed by atoms with Gasteiger partial charge in [-0.05, 0) is 18.6 Å². The third kappa shape index (κ3) is 3.82. The molecule has 0 spiro atoms. The van der Waals surface area contributed by atoms with Crippen molar-refractivity contribution < 1.29 is 18.7 Å². The van der Waals surface area contributed by atoms with E-state index in [1.165, 1.54) is 0 Å². The van der Waals surface area contributed by atoms with Gasteiger partial charge < -0.3 is 24.1 Å². The van der Waals surface area contributed by atoms with Crippen LogP contribution in [0.5, 0.6) is 5.75 Å². The predicted octanol–water partition coefficient (Wildman–Crippen LogP) is 3.47. The Balaban J connectivity index is 1.49. The summed E-state index contributed by atoms with van der Waals surface area (Å²) in [4.78, 5) is 28.6. The van der Waals surface area contributed by atoms with Crippen molar-refractivity contribution in [3.63, 3.8) is 0 Å². The maximum atomic E-state index is 12.8. The quantitative estimate of drug-likeness (QED) is 0.606. The number of hydrogen-bond donors (Lipinski definition) is 1. The van der Waals surface area contributed by atoms with Crippen molar-refractivity contribution in [3.05, 3.63) is 41.5 Å². The molecule has 2 aliphatic heterocycles. The highest BCUT2D eigenvalue weighted by Crippen LogP contribution is 2.37. The smallest absolute Gasteiger partial charge is 0.229 e. The number of carbonyl (C=O) groups excluding carboxylic acids is 1. The van der Waals surface area contributed by atoms with Crippen molar-refractivity contribution in [1.29, 1.82) is 0 Å². The fourth-order valence-corrected chi connectivity index (χ4v) is 4.67. The summed E-state index contributed by atoms with van der Waals surface area (Å²) in [7, 11) is 3.31. The summed E-state index contributed by atoms with van der Waals surface area (Å²) >= 11 is 0. The van der Waals surface area contributed by atoms with Crippen molar-refractivity contribution in [2.24, 2.45) is 0 Å². The molecule has 3 aromatic rings. The third-order valence-electron chi connectivity index (χ3n) is 6.34. The molecule has 0 bridgehead atoms. The summed E-state index contributed by atoms with van der Waals surface area (Å²) < 4.78 is 16.8. The molecule has 2 aromatic heterocycles. The van der Waals surface area contributed by atoms with Gasteiger partial charge in [-0.3, -0.25) is 4.79 Å². The first-order valence-electron chi connectivity index (χ1n) is 11.1. The summed E-state index contributed by atoms with van der Waals surface area (Å²) in [5, 5.41) is 3.31. The number of benzene rings is 1. The zero-order valence-corrected chi connectivity index (χ0v) is 19.2. The Bertz CT molecular complexity index is 1210. The summed E-state index contributed by atoms with van der Waals surface area (Å²) in [6.07, 6.45) is 3.49. The topological polar surface area (TPSA) is 103 Å². The molecule has 5 rings (SSSR count). The monoisotopic (exact) mass is 449 g/mol. The highest BCUT2D eigenvalue weighted by Gasteiger charge is 2.42. The number of rotatable bonds is 6. The van der Waals surface area contributed by atoms with Crippen LogP contribution in [0.1, 0.15) is 30.5 Å². The van der Waals surface area contributed by atoms with Gasteiger partial charge in [0.05, 0.1) is 36.7 Å². The Morgan fingerprint density at radius 3 is 2.82 bits per heavy atom. The summed E-state index contributed by atoms with van der Waals surface area (Å²) in [6, 6.07) is 5.54. The molecule has 1 fully saturated rings. The van der Waals surface area contributed by atoms with Crippen molar-refractivity contribution >= 4 is 23.2 Å². The van der Waals surface area contributed by atoms with E-state index in [4.69, 9.17) is 23.9 Å². The number of aromatic nitrogens is 3. The average Bonchev–Trinajstić information content (AvgIpc) is 3.46. The van der Waals surface area contributed by atoms with Gasteiger partial charge in [0.25, 0.3) is 0 Å². The Labute approximate surface area is 192 Å². The number of carbonyl (C=O) groups is 1. The van der Waals surface area contributed by atoms with Gasteiger partial charge in [0.15, 0.2) is 17.4 Å². The van der Waals surface area contributed by atoms with Gasteiger partial charge in [-0.25, -0.2) is 9.97 Å². The normalized spacial score (nSPS) is 19.4. The molecule has 1 N–H and O–H groups in total. The van der Waals surface area contributed by atoms with Gasteiger partial charge in [-0.15, -0.1) is 0 Å². The van der Waals surface area contributed by atoms with Crippen LogP contribution in [0.4, 0.5) is 17.5 Å². The highest BCUT2D eigenvalue weighted by atomic mass is 16.5. The lowest BCUT2D eigenvalue weighted by molar-refractivity contribution is -0.120. The lowest BCUT2D eigenvalue weighted by atomic mass is 9.95. The standard InChI is InChI=1S/C24H27N5O4/c1-5-18-17-10-20(30)19-9-15(31-3)12-29(19)23(17)28-24(27-18)26-14-6-7-16(21(8-14)32-4)22-11-25-13(2)33-22/h6-8,11,15,19H,5,9-10,12H2,1-4H3,(H,26,27,28)/t15-,19+/m1/s1. The first kappa shape index (κ1) is 21.4. The highest BCUT2D eigenvalue weighted by molar-refractivity contribution is 5.94. The number of Topliss-reactive ketones (excluding diaryl/α,β-unsaturated/α-hetero) is 1. The molecule has 0 unspecified atom stereocenters. The third-order valence-corrected chi connectivity index (χ3v) is 6.34. The van der Waals surface area contributed by atoms with Gasteiger partial charge in [0.2, 0.25) is 5.95 Å². The summed E-state index contributed by atoms with van der Waals surface area (Å²) in [6.45, 7) is 4.50. The number of nitrogens with one attached hydrogen (secondary N) is 1. The first-order valence-corrected chi connectivity index (χ1v) is 11.1. The zero-order valence-electron chi connectivity index (χ0n) is 19.2. The molecular weight excluding hydrogens is 422 g/mol. The molecule has 9 nitrogen and oxygen atoms in total. The molecule has 0 amide bonds. The van der Waals surface area contributed by atoms with Crippen LogP contribution in [0.15, 0.2) is 28.8 Å². The number of methoxy groups -OCH3 is 2. The number of nitrogens with zero attached hydrogens (tertiary/aromatic N) is 4. The van der Waals surface area contributed by atoms with E-state index in [0.29, 0.717) is 49.2 Å². The fourth-order valence-electron chi connectivity index (χ4n) is 4.67. The maximum Gasteiger partial charge on any atom is 0.229 e. The second-order valence-electron chi connectivity index (χ2n) is 8.34. The van der Waals surface area contributed by atoms with Gasteiger partial charge in [0, 0.05) is 50.7 Å². The lowest BCUT2D eigenvalue weighted by Gasteiger charge is -2.32. The van der Waals surface area contributed by atoms with Crippen LogP contribution in [0.2, 0.25) is 0 Å². The second-order valence-corrected chi connectivity index (χ2v) is 8.34. The maximum absolute atomic E-state index is 12.8. The Morgan fingerprint density at radius 2 is 2.12 bits per heavy atom. The number of anilines is 3. The molecule has 2 aliphatic rings. The van der Waals surface area contributed by atoms with E-state index in [0.717, 1.165) is 28.3 Å². The minimum absolute atomic E-state index is 0.0258. The molecule has 0 saturated carbocycles. The summed E-state index contributed by atoms with van der Waals surface area (Å²) in [5.41, 5.74) is 3.41. The molecule has 1 saturated heterocycles. The van der Waals surface area contributed by atoms with Crippen LogP contribution in [-0.4, -0.2) is 53.6 Å². The molecular formula is C24H27N5O4. The minimum atomic E-state index is -0.181. The molecule has 9 heteroatoms. The van der Waals surface area contributed by atoms with E-state index < -0.39 is 0 Å². The van der Waals surface area contributed by atoms with Crippen LogP contribution < -0.4 is 15.0 Å².